The van der Waals surface area contributed by atoms with Crippen LogP contribution in [0.5, 0.6) is 5.75 Å². The fourth-order valence-electron chi connectivity index (χ4n) is 3.36. The molecule has 28 heavy (non-hydrogen) atoms. The lowest BCUT2D eigenvalue weighted by Gasteiger charge is -2.22. The summed E-state index contributed by atoms with van der Waals surface area (Å²) in [6, 6.07) is 14.2. The van der Waals surface area contributed by atoms with E-state index in [1.807, 2.05) is 35.1 Å². The summed E-state index contributed by atoms with van der Waals surface area (Å²) < 4.78 is 7.11. The Hall–Kier alpha value is -2.64. The Morgan fingerprint density at radius 1 is 1.29 bits per heavy atom. The van der Waals surface area contributed by atoms with Crippen LogP contribution in [0.15, 0.2) is 48.7 Å². The maximum Gasteiger partial charge on any atom is 0.272 e. The molecule has 1 fully saturated rings. The molecule has 1 aliphatic heterocycles. The Morgan fingerprint density at radius 3 is 2.89 bits per heavy atom. The van der Waals surface area contributed by atoms with Gasteiger partial charge in [0.25, 0.3) is 5.91 Å². The normalized spacial score (nSPS) is 16.7. The SMILES string of the molecule is COc1ccc(-c2ccc(CNC(=O)c3ccn(C4CCCNC4)n3)s2)cc1. The Bertz CT molecular complexity index is 926. The zero-order chi connectivity index (χ0) is 19.3. The molecule has 1 atom stereocenters. The Labute approximate surface area is 168 Å². The third kappa shape index (κ3) is 4.26. The van der Waals surface area contributed by atoms with Gasteiger partial charge in [0.15, 0.2) is 0 Å². The van der Waals surface area contributed by atoms with Gasteiger partial charge in [0.05, 0.1) is 19.7 Å². The van der Waals surface area contributed by atoms with Gasteiger partial charge in [-0.25, -0.2) is 0 Å². The van der Waals surface area contributed by atoms with Crippen LogP contribution >= 0.6 is 11.3 Å². The summed E-state index contributed by atoms with van der Waals surface area (Å²) >= 11 is 1.68. The number of carbonyl (C=O) groups is 1. The van der Waals surface area contributed by atoms with Crippen LogP contribution in [0.1, 0.15) is 34.2 Å². The fraction of sp³-hybridized carbons (Fsp3) is 0.333. The zero-order valence-corrected chi connectivity index (χ0v) is 16.7. The van der Waals surface area contributed by atoms with E-state index in [-0.39, 0.29) is 5.91 Å². The maximum atomic E-state index is 12.4. The van der Waals surface area contributed by atoms with E-state index in [2.05, 4.69) is 27.9 Å². The lowest BCUT2D eigenvalue weighted by molar-refractivity contribution is 0.0945. The molecule has 0 spiro atoms. The average Bonchev–Trinajstić information content (AvgIpc) is 3.43. The molecule has 1 amide bonds. The monoisotopic (exact) mass is 396 g/mol. The third-order valence-corrected chi connectivity index (χ3v) is 6.08. The molecular formula is C21H24N4O2S. The van der Waals surface area contributed by atoms with Gasteiger partial charge in [-0.05, 0) is 67.4 Å². The van der Waals surface area contributed by atoms with Gasteiger partial charge in [-0.15, -0.1) is 11.3 Å². The first kappa shape index (κ1) is 18.7. The second-order valence-corrected chi connectivity index (χ2v) is 8.03. The van der Waals surface area contributed by atoms with E-state index in [9.17, 15) is 4.79 Å². The highest BCUT2D eigenvalue weighted by Crippen LogP contribution is 2.29. The molecule has 0 aliphatic carbocycles. The number of nitrogens with zero attached hydrogens (tertiary/aromatic N) is 2. The summed E-state index contributed by atoms with van der Waals surface area (Å²) in [4.78, 5) is 14.7. The van der Waals surface area contributed by atoms with E-state index in [1.54, 1.807) is 24.5 Å². The molecule has 0 radical (unpaired) electrons. The van der Waals surface area contributed by atoms with Gasteiger partial charge in [-0.2, -0.15) is 5.10 Å². The van der Waals surface area contributed by atoms with Gasteiger partial charge >= 0.3 is 0 Å². The first-order valence-electron chi connectivity index (χ1n) is 9.50. The van der Waals surface area contributed by atoms with Crippen molar-refractivity contribution in [2.24, 2.45) is 0 Å². The van der Waals surface area contributed by atoms with Crippen LogP contribution in [0.2, 0.25) is 0 Å². The molecule has 3 heterocycles. The van der Waals surface area contributed by atoms with Crippen LogP contribution in [0.3, 0.4) is 0 Å². The van der Waals surface area contributed by atoms with Crippen LogP contribution in [-0.2, 0) is 6.54 Å². The number of ether oxygens (including phenoxy) is 1. The van der Waals surface area contributed by atoms with Crippen LogP contribution in [-0.4, -0.2) is 35.9 Å². The summed E-state index contributed by atoms with van der Waals surface area (Å²) in [6.45, 7) is 2.47. The molecule has 0 saturated carbocycles. The second kappa shape index (κ2) is 8.58. The van der Waals surface area contributed by atoms with Crippen molar-refractivity contribution in [3.05, 3.63) is 59.2 Å². The standard InChI is InChI=1S/C21H24N4O2S/c1-27-17-6-4-15(5-7-17)20-9-8-18(28-20)14-23-21(26)19-10-12-25(24-19)16-3-2-11-22-13-16/h4-10,12,16,22H,2-3,11,13-14H2,1H3,(H,23,26). The summed E-state index contributed by atoms with van der Waals surface area (Å²) in [6.07, 6.45) is 4.14. The van der Waals surface area contributed by atoms with Crippen molar-refractivity contribution in [1.29, 1.82) is 0 Å². The van der Waals surface area contributed by atoms with Gasteiger partial charge in [-0.3, -0.25) is 9.48 Å². The Kier molecular flexibility index (Phi) is 5.73. The quantitative estimate of drug-likeness (QED) is 0.669. The van der Waals surface area contributed by atoms with Crippen molar-refractivity contribution in [3.63, 3.8) is 0 Å². The van der Waals surface area contributed by atoms with Gasteiger partial charge in [0.1, 0.15) is 11.4 Å². The first-order chi connectivity index (χ1) is 13.7. The highest BCUT2D eigenvalue weighted by atomic mass is 32.1. The number of nitrogens with one attached hydrogen (secondary N) is 2. The summed E-state index contributed by atoms with van der Waals surface area (Å²) in [5.74, 6) is 0.707. The number of aromatic nitrogens is 2. The summed E-state index contributed by atoms with van der Waals surface area (Å²) in [5, 5.41) is 10.8. The number of thiophene rings is 1. The molecule has 2 aromatic heterocycles. The molecule has 3 aromatic rings. The van der Waals surface area contributed by atoms with Crippen molar-refractivity contribution >= 4 is 17.2 Å². The molecule has 6 nitrogen and oxygen atoms in total. The molecule has 2 N–H and O–H groups in total. The van der Waals surface area contributed by atoms with E-state index >= 15 is 0 Å². The second-order valence-electron chi connectivity index (χ2n) is 6.86. The van der Waals surface area contributed by atoms with E-state index in [4.69, 9.17) is 4.74 Å². The van der Waals surface area contributed by atoms with E-state index in [1.165, 1.54) is 4.88 Å². The number of methoxy groups -OCH3 is 1. The average molecular weight is 397 g/mol. The molecule has 1 aliphatic rings. The highest BCUT2D eigenvalue weighted by molar-refractivity contribution is 7.15. The lowest BCUT2D eigenvalue weighted by Crippen LogP contribution is -2.32. The van der Waals surface area contributed by atoms with Crippen LogP contribution in [0, 0.1) is 0 Å². The number of hydrogen-bond acceptors (Lipinski definition) is 5. The Morgan fingerprint density at radius 2 is 2.14 bits per heavy atom. The molecule has 4 rings (SSSR count). The summed E-state index contributed by atoms with van der Waals surface area (Å²) in [5.41, 5.74) is 1.61. The number of amides is 1. The third-order valence-electron chi connectivity index (χ3n) is 4.95. The van der Waals surface area contributed by atoms with E-state index in [0.29, 0.717) is 18.3 Å². The largest absolute Gasteiger partial charge is 0.497 e. The van der Waals surface area contributed by atoms with Gasteiger partial charge in [0.2, 0.25) is 0 Å². The fourth-order valence-corrected chi connectivity index (χ4v) is 4.32. The number of piperidine rings is 1. The van der Waals surface area contributed by atoms with Crippen molar-refractivity contribution in [2.45, 2.75) is 25.4 Å². The van der Waals surface area contributed by atoms with Crippen LogP contribution < -0.4 is 15.4 Å². The number of carbonyl (C=O) groups excluding carboxylic acids is 1. The molecule has 1 saturated heterocycles. The number of rotatable bonds is 6. The predicted molar refractivity (Wildman–Crippen MR) is 111 cm³/mol. The van der Waals surface area contributed by atoms with Crippen LogP contribution in [0.4, 0.5) is 0 Å². The molecule has 0 bridgehead atoms. The highest BCUT2D eigenvalue weighted by Gasteiger charge is 2.17. The van der Waals surface area contributed by atoms with Crippen molar-refractivity contribution in [3.8, 4) is 16.2 Å². The maximum absolute atomic E-state index is 12.4. The minimum absolute atomic E-state index is 0.137. The summed E-state index contributed by atoms with van der Waals surface area (Å²) in [7, 11) is 1.66. The molecule has 1 unspecified atom stereocenters. The topological polar surface area (TPSA) is 68.2 Å². The van der Waals surface area contributed by atoms with Crippen molar-refractivity contribution in [2.75, 3.05) is 20.2 Å². The molecule has 1 aromatic carbocycles. The molecule has 7 heteroatoms. The van der Waals surface area contributed by atoms with Gasteiger partial charge in [-0.1, -0.05) is 0 Å². The van der Waals surface area contributed by atoms with E-state index < -0.39 is 0 Å². The lowest BCUT2D eigenvalue weighted by atomic mass is 10.1. The van der Waals surface area contributed by atoms with E-state index in [0.717, 1.165) is 42.1 Å². The minimum atomic E-state index is -0.137. The Balaban J connectivity index is 1.35. The van der Waals surface area contributed by atoms with Gasteiger partial charge < -0.3 is 15.4 Å². The van der Waals surface area contributed by atoms with Crippen molar-refractivity contribution < 1.29 is 9.53 Å². The molecular weight excluding hydrogens is 372 g/mol. The van der Waals surface area contributed by atoms with Crippen LogP contribution in [0.25, 0.3) is 10.4 Å². The molecule has 146 valence electrons. The van der Waals surface area contributed by atoms with Gasteiger partial charge in [0, 0.05) is 22.5 Å². The number of benzene rings is 1. The number of hydrogen-bond donors (Lipinski definition) is 2. The first-order valence-corrected chi connectivity index (χ1v) is 10.3. The zero-order valence-electron chi connectivity index (χ0n) is 15.9. The minimum Gasteiger partial charge on any atom is -0.497 e. The van der Waals surface area contributed by atoms with Crippen molar-refractivity contribution in [1.82, 2.24) is 20.4 Å². The predicted octanol–water partition coefficient (Wildman–Crippen LogP) is 3.47. The smallest absolute Gasteiger partial charge is 0.272 e.